The smallest absolute Gasteiger partial charge is 0.298 e. The Morgan fingerprint density at radius 2 is 2.11 bits per heavy atom. The number of ether oxygens (including phenoxy) is 1. The number of rotatable bonds is 4. The van der Waals surface area contributed by atoms with Gasteiger partial charge in [-0.05, 0) is 24.6 Å². The van der Waals surface area contributed by atoms with Crippen LogP contribution in [0.25, 0.3) is 22.3 Å². The predicted octanol–water partition coefficient (Wildman–Crippen LogP) is 2.59. The first kappa shape index (κ1) is 18.3. The van der Waals surface area contributed by atoms with Crippen LogP contribution in [-0.4, -0.2) is 47.4 Å². The number of carbonyl (C=O) groups is 1. The standard InChI is InChI=1S/C18H16FN5O3/c1-9-12(8-20)15(11-6-5-10(26-3)7-13(11)19)21-17-14(9)16(22-23-17)18(25)24(2)27-4/h5-7H,1-4H3,(H,21,22,23). The normalized spacial score (nSPS) is 10.7. The van der Waals surface area contributed by atoms with Crippen LogP contribution in [0.1, 0.15) is 21.6 Å². The number of nitrogens with zero attached hydrogens (tertiary/aromatic N) is 4. The van der Waals surface area contributed by atoms with E-state index in [0.29, 0.717) is 16.7 Å². The molecule has 2 heterocycles. The molecule has 3 aromatic rings. The number of H-pyrrole nitrogens is 1. The number of pyridine rings is 1. The number of hydrogen-bond acceptors (Lipinski definition) is 6. The van der Waals surface area contributed by atoms with Gasteiger partial charge in [0.15, 0.2) is 11.3 Å². The largest absolute Gasteiger partial charge is 0.497 e. The molecule has 0 saturated heterocycles. The summed E-state index contributed by atoms with van der Waals surface area (Å²) in [5, 5.41) is 17.7. The molecule has 2 aromatic heterocycles. The summed E-state index contributed by atoms with van der Waals surface area (Å²) >= 11 is 0. The monoisotopic (exact) mass is 369 g/mol. The van der Waals surface area contributed by atoms with E-state index in [1.807, 2.05) is 0 Å². The summed E-state index contributed by atoms with van der Waals surface area (Å²) in [6.45, 7) is 1.66. The van der Waals surface area contributed by atoms with Crippen LogP contribution in [0.4, 0.5) is 4.39 Å². The van der Waals surface area contributed by atoms with Crippen LogP contribution in [0, 0.1) is 24.1 Å². The van der Waals surface area contributed by atoms with E-state index in [4.69, 9.17) is 9.57 Å². The van der Waals surface area contributed by atoms with Gasteiger partial charge >= 0.3 is 0 Å². The zero-order valence-electron chi connectivity index (χ0n) is 15.1. The second-order valence-electron chi connectivity index (χ2n) is 5.70. The number of hydrogen-bond donors (Lipinski definition) is 1. The minimum Gasteiger partial charge on any atom is -0.497 e. The van der Waals surface area contributed by atoms with Gasteiger partial charge in [-0.2, -0.15) is 10.4 Å². The molecule has 8 nitrogen and oxygen atoms in total. The van der Waals surface area contributed by atoms with Gasteiger partial charge in [-0.15, -0.1) is 0 Å². The van der Waals surface area contributed by atoms with Gasteiger partial charge in [0.25, 0.3) is 5.91 Å². The fraction of sp³-hybridized carbons (Fsp3) is 0.222. The Kier molecular flexibility index (Phi) is 4.75. The molecule has 0 spiro atoms. The average Bonchev–Trinajstić information content (AvgIpc) is 3.10. The molecular weight excluding hydrogens is 353 g/mol. The summed E-state index contributed by atoms with van der Waals surface area (Å²) in [4.78, 5) is 21.7. The van der Waals surface area contributed by atoms with Crippen LogP contribution in [0.5, 0.6) is 5.75 Å². The third-order valence-corrected chi connectivity index (χ3v) is 4.26. The molecule has 0 atom stereocenters. The number of halogens is 1. The topological polar surface area (TPSA) is 104 Å². The third kappa shape index (κ3) is 2.96. The van der Waals surface area contributed by atoms with E-state index in [2.05, 4.69) is 21.3 Å². The zero-order chi connectivity index (χ0) is 19.7. The summed E-state index contributed by atoms with van der Waals surface area (Å²) < 4.78 is 19.5. The van der Waals surface area contributed by atoms with E-state index in [9.17, 15) is 14.4 Å². The Morgan fingerprint density at radius 3 is 2.70 bits per heavy atom. The number of methoxy groups -OCH3 is 1. The van der Waals surface area contributed by atoms with Crippen molar-refractivity contribution in [2.24, 2.45) is 0 Å². The van der Waals surface area contributed by atoms with Gasteiger partial charge < -0.3 is 4.74 Å². The van der Waals surface area contributed by atoms with E-state index in [0.717, 1.165) is 5.06 Å². The minimum atomic E-state index is -0.577. The van der Waals surface area contributed by atoms with Gasteiger partial charge in [-0.3, -0.25) is 14.7 Å². The van der Waals surface area contributed by atoms with Gasteiger partial charge in [0.05, 0.1) is 30.9 Å². The number of amides is 1. The molecule has 1 N–H and O–H groups in total. The van der Waals surface area contributed by atoms with Crippen LogP contribution >= 0.6 is 0 Å². The summed E-state index contributed by atoms with van der Waals surface area (Å²) in [5.74, 6) is -0.725. The highest BCUT2D eigenvalue weighted by molar-refractivity contribution is 6.05. The Bertz CT molecular complexity index is 1090. The molecule has 3 rings (SSSR count). The number of aromatic amines is 1. The lowest BCUT2D eigenvalue weighted by Gasteiger charge is -2.13. The molecule has 0 saturated carbocycles. The van der Waals surface area contributed by atoms with E-state index in [1.54, 1.807) is 13.0 Å². The number of carbonyl (C=O) groups excluding carboxylic acids is 1. The number of aryl methyl sites for hydroxylation is 1. The van der Waals surface area contributed by atoms with Crippen molar-refractivity contribution in [3.63, 3.8) is 0 Å². The predicted molar refractivity (Wildman–Crippen MR) is 94.4 cm³/mol. The maximum atomic E-state index is 14.5. The van der Waals surface area contributed by atoms with Crippen molar-refractivity contribution >= 4 is 16.9 Å². The number of fused-ring (bicyclic) bond motifs is 1. The lowest BCUT2D eigenvalue weighted by Crippen LogP contribution is -2.26. The summed E-state index contributed by atoms with van der Waals surface area (Å²) in [5.41, 5.74) is 1.26. The molecule has 27 heavy (non-hydrogen) atoms. The lowest BCUT2D eigenvalue weighted by molar-refractivity contribution is -0.0759. The Morgan fingerprint density at radius 1 is 1.37 bits per heavy atom. The molecule has 0 unspecified atom stereocenters. The van der Waals surface area contributed by atoms with Crippen molar-refractivity contribution in [1.82, 2.24) is 20.2 Å². The molecule has 0 radical (unpaired) electrons. The summed E-state index contributed by atoms with van der Waals surface area (Å²) in [7, 11) is 4.23. The first-order valence-electron chi connectivity index (χ1n) is 7.87. The highest BCUT2D eigenvalue weighted by Gasteiger charge is 2.25. The van der Waals surface area contributed by atoms with Gasteiger partial charge in [0.2, 0.25) is 0 Å². The van der Waals surface area contributed by atoms with Gasteiger partial charge in [0, 0.05) is 18.7 Å². The first-order valence-corrected chi connectivity index (χ1v) is 7.87. The van der Waals surface area contributed by atoms with Crippen molar-refractivity contribution in [3.05, 3.63) is 40.8 Å². The number of benzene rings is 1. The number of hydroxylamine groups is 2. The van der Waals surface area contributed by atoms with Crippen LogP contribution in [-0.2, 0) is 4.84 Å². The molecule has 0 fully saturated rings. The van der Waals surface area contributed by atoms with Crippen molar-refractivity contribution in [2.45, 2.75) is 6.92 Å². The molecule has 1 amide bonds. The molecule has 0 aliphatic carbocycles. The van der Waals surface area contributed by atoms with E-state index in [1.165, 1.54) is 33.4 Å². The second kappa shape index (κ2) is 7.01. The first-order chi connectivity index (χ1) is 12.9. The maximum Gasteiger partial charge on any atom is 0.298 e. The maximum absolute atomic E-state index is 14.5. The van der Waals surface area contributed by atoms with Crippen LogP contribution in [0.2, 0.25) is 0 Å². The van der Waals surface area contributed by atoms with Gasteiger partial charge in [-0.25, -0.2) is 14.4 Å². The lowest BCUT2D eigenvalue weighted by atomic mass is 9.99. The highest BCUT2D eigenvalue weighted by atomic mass is 19.1. The van der Waals surface area contributed by atoms with Crippen LogP contribution in [0.15, 0.2) is 18.2 Å². The van der Waals surface area contributed by atoms with Crippen molar-refractivity contribution in [3.8, 4) is 23.1 Å². The summed E-state index contributed by atoms with van der Waals surface area (Å²) in [6.07, 6.45) is 0. The van der Waals surface area contributed by atoms with E-state index >= 15 is 0 Å². The van der Waals surface area contributed by atoms with Crippen molar-refractivity contribution < 1.29 is 18.8 Å². The Labute approximate surface area is 154 Å². The fourth-order valence-corrected chi connectivity index (χ4v) is 2.77. The van der Waals surface area contributed by atoms with E-state index in [-0.39, 0.29) is 28.2 Å². The SMILES string of the molecule is COc1ccc(-c2nc3[nH]nc(C(=O)N(C)OC)c3c(C)c2C#N)c(F)c1. The fourth-order valence-electron chi connectivity index (χ4n) is 2.77. The number of nitriles is 1. The quantitative estimate of drug-likeness (QED) is 0.709. The van der Waals surface area contributed by atoms with Crippen LogP contribution in [0.3, 0.4) is 0 Å². The Balaban J connectivity index is 2.26. The number of nitrogens with one attached hydrogen (secondary N) is 1. The van der Waals surface area contributed by atoms with E-state index < -0.39 is 11.7 Å². The molecule has 0 bridgehead atoms. The summed E-state index contributed by atoms with van der Waals surface area (Å²) in [6, 6.07) is 6.34. The average molecular weight is 369 g/mol. The molecule has 9 heteroatoms. The zero-order valence-corrected chi connectivity index (χ0v) is 15.1. The van der Waals surface area contributed by atoms with Crippen LogP contribution < -0.4 is 4.74 Å². The van der Waals surface area contributed by atoms with Crippen molar-refractivity contribution in [1.29, 1.82) is 5.26 Å². The molecule has 1 aromatic carbocycles. The Hall–Kier alpha value is -3.51. The molecule has 138 valence electrons. The molecule has 0 aliphatic rings. The molecular formula is C18H16FN5O3. The van der Waals surface area contributed by atoms with Gasteiger partial charge in [0.1, 0.15) is 17.6 Å². The van der Waals surface area contributed by atoms with Gasteiger partial charge in [-0.1, -0.05) is 0 Å². The number of aromatic nitrogens is 3. The molecule has 0 aliphatic heterocycles. The third-order valence-electron chi connectivity index (χ3n) is 4.26. The second-order valence-corrected chi connectivity index (χ2v) is 5.70. The minimum absolute atomic E-state index is 0.0672. The van der Waals surface area contributed by atoms with Crippen molar-refractivity contribution in [2.75, 3.05) is 21.3 Å². The highest BCUT2D eigenvalue weighted by Crippen LogP contribution is 2.33.